The molecule has 2 rings (SSSR count). The summed E-state index contributed by atoms with van der Waals surface area (Å²) in [5.41, 5.74) is 2.36. The number of nitrogens with zero attached hydrogens (tertiary/aromatic N) is 3. The summed E-state index contributed by atoms with van der Waals surface area (Å²) in [4.78, 5) is 18.1. The molecule has 20 heavy (non-hydrogen) atoms. The van der Waals surface area contributed by atoms with Gasteiger partial charge >= 0.3 is 5.69 Å². The normalized spacial score (nSPS) is 9.90. The molecular weight excluding hydrogens is 264 g/mol. The predicted molar refractivity (Wildman–Crippen MR) is 72.8 cm³/mol. The summed E-state index contributed by atoms with van der Waals surface area (Å²) >= 11 is 0. The van der Waals surface area contributed by atoms with Crippen LogP contribution in [0.15, 0.2) is 30.6 Å². The van der Waals surface area contributed by atoms with Gasteiger partial charge < -0.3 is 15.5 Å². The van der Waals surface area contributed by atoms with E-state index in [-0.39, 0.29) is 17.3 Å². The third-order valence-corrected chi connectivity index (χ3v) is 2.50. The molecule has 0 saturated heterocycles. The van der Waals surface area contributed by atoms with Crippen molar-refractivity contribution in [2.24, 2.45) is 5.84 Å². The van der Waals surface area contributed by atoms with Crippen molar-refractivity contribution in [1.82, 2.24) is 9.97 Å². The molecule has 0 saturated carbocycles. The van der Waals surface area contributed by atoms with Crippen LogP contribution >= 0.6 is 0 Å². The Hall–Kier alpha value is -2.94. The molecule has 0 unspecified atom stereocenters. The molecule has 1 aromatic heterocycles. The van der Waals surface area contributed by atoms with Gasteiger partial charge in [0, 0.05) is 0 Å². The van der Waals surface area contributed by atoms with Crippen LogP contribution in [0.5, 0.6) is 5.75 Å². The number of ether oxygens (including phenoxy) is 1. The van der Waals surface area contributed by atoms with Crippen LogP contribution in [0, 0.1) is 10.1 Å². The number of nitrogen functional groups attached to an aromatic ring is 1. The van der Waals surface area contributed by atoms with Crippen molar-refractivity contribution in [2.45, 2.75) is 0 Å². The van der Waals surface area contributed by atoms with E-state index in [9.17, 15) is 10.1 Å². The summed E-state index contributed by atoms with van der Waals surface area (Å²) in [7, 11) is 1.50. The van der Waals surface area contributed by atoms with Crippen LogP contribution in [0.3, 0.4) is 0 Å². The molecule has 0 radical (unpaired) electrons. The Balaban J connectivity index is 2.46. The largest absolute Gasteiger partial charge is 0.495 e. The third kappa shape index (κ3) is 2.57. The van der Waals surface area contributed by atoms with Crippen LogP contribution in [0.25, 0.3) is 0 Å². The highest BCUT2D eigenvalue weighted by atomic mass is 16.6. The lowest BCUT2D eigenvalue weighted by Crippen LogP contribution is -2.12. The summed E-state index contributed by atoms with van der Waals surface area (Å²) < 4.78 is 5.16. The molecule has 0 atom stereocenters. The van der Waals surface area contributed by atoms with Gasteiger partial charge in [-0.15, -0.1) is 0 Å². The zero-order chi connectivity index (χ0) is 14.5. The number of para-hydroxylation sites is 2. The van der Waals surface area contributed by atoms with E-state index in [2.05, 4.69) is 20.7 Å². The lowest BCUT2D eigenvalue weighted by molar-refractivity contribution is -0.383. The summed E-state index contributed by atoms with van der Waals surface area (Å²) in [6.45, 7) is 0. The monoisotopic (exact) mass is 276 g/mol. The zero-order valence-corrected chi connectivity index (χ0v) is 10.5. The van der Waals surface area contributed by atoms with E-state index in [1.54, 1.807) is 24.3 Å². The topological polar surface area (TPSA) is 128 Å². The quantitative estimate of drug-likeness (QED) is 0.425. The van der Waals surface area contributed by atoms with E-state index in [0.717, 1.165) is 0 Å². The third-order valence-electron chi connectivity index (χ3n) is 2.50. The molecule has 1 aromatic carbocycles. The molecule has 1 heterocycles. The van der Waals surface area contributed by atoms with Gasteiger partial charge in [0.2, 0.25) is 11.6 Å². The minimum absolute atomic E-state index is 0.0162. The average molecular weight is 276 g/mol. The maximum absolute atomic E-state index is 11.1. The smallest absolute Gasteiger partial charge is 0.354 e. The highest BCUT2D eigenvalue weighted by molar-refractivity contribution is 5.75. The van der Waals surface area contributed by atoms with Gasteiger partial charge in [-0.3, -0.25) is 10.1 Å². The van der Waals surface area contributed by atoms with Crippen LogP contribution < -0.4 is 21.3 Å². The van der Waals surface area contributed by atoms with E-state index in [0.29, 0.717) is 11.4 Å². The molecule has 9 nitrogen and oxygen atoms in total. The first kappa shape index (κ1) is 13.5. The highest BCUT2D eigenvalue weighted by Crippen LogP contribution is 2.33. The van der Waals surface area contributed by atoms with Gasteiger partial charge in [-0.05, 0) is 12.1 Å². The maximum atomic E-state index is 11.1. The van der Waals surface area contributed by atoms with Crippen molar-refractivity contribution in [2.75, 3.05) is 17.9 Å². The molecule has 0 bridgehead atoms. The molecule has 0 aliphatic heterocycles. The molecule has 4 N–H and O–H groups in total. The van der Waals surface area contributed by atoms with Crippen LogP contribution in [0.2, 0.25) is 0 Å². The fourth-order valence-corrected chi connectivity index (χ4v) is 1.62. The first-order chi connectivity index (χ1) is 9.67. The van der Waals surface area contributed by atoms with Crippen LogP contribution in [-0.2, 0) is 0 Å². The van der Waals surface area contributed by atoms with Crippen molar-refractivity contribution in [3.63, 3.8) is 0 Å². The Morgan fingerprint density at radius 3 is 2.65 bits per heavy atom. The molecule has 0 aliphatic rings. The van der Waals surface area contributed by atoms with E-state index >= 15 is 0 Å². The van der Waals surface area contributed by atoms with E-state index in [1.807, 2.05) is 0 Å². The highest BCUT2D eigenvalue weighted by Gasteiger charge is 2.23. The molecule has 0 fully saturated rings. The number of aromatic nitrogens is 2. The molecular formula is C11H12N6O3. The number of rotatable bonds is 5. The van der Waals surface area contributed by atoms with Gasteiger partial charge in [-0.1, -0.05) is 12.1 Å². The fourth-order valence-electron chi connectivity index (χ4n) is 1.62. The predicted octanol–water partition coefficient (Wildman–Crippen LogP) is 1.42. The maximum Gasteiger partial charge on any atom is 0.354 e. The number of hydrogen-bond donors (Lipinski definition) is 3. The van der Waals surface area contributed by atoms with E-state index in [1.165, 1.54) is 13.4 Å². The lowest BCUT2D eigenvalue weighted by Gasteiger charge is -2.11. The van der Waals surface area contributed by atoms with E-state index < -0.39 is 4.92 Å². The Bertz CT molecular complexity index is 633. The summed E-state index contributed by atoms with van der Waals surface area (Å²) in [5, 5.41) is 13.9. The Morgan fingerprint density at radius 1 is 1.30 bits per heavy atom. The number of nitro groups is 1. The lowest BCUT2D eigenvalue weighted by atomic mass is 10.3. The number of nitrogens with one attached hydrogen (secondary N) is 2. The van der Waals surface area contributed by atoms with Gasteiger partial charge in [0.15, 0.2) is 0 Å². The van der Waals surface area contributed by atoms with E-state index in [4.69, 9.17) is 10.6 Å². The van der Waals surface area contributed by atoms with Gasteiger partial charge in [-0.25, -0.2) is 15.8 Å². The van der Waals surface area contributed by atoms with Crippen molar-refractivity contribution in [1.29, 1.82) is 0 Å². The first-order valence-corrected chi connectivity index (χ1v) is 5.53. The molecule has 2 aromatic rings. The minimum Gasteiger partial charge on any atom is -0.495 e. The van der Waals surface area contributed by atoms with Crippen molar-refractivity contribution < 1.29 is 9.66 Å². The van der Waals surface area contributed by atoms with Crippen LogP contribution in [-0.4, -0.2) is 22.0 Å². The molecule has 0 aliphatic carbocycles. The van der Waals surface area contributed by atoms with Gasteiger partial charge in [0.1, 0.15) is 12.1 Å². The second-order valence-corrected chi connectivity index (χ2v) is 3.65. The van der Waals surface area contributed by atoms with Crippen LogP contribution in [0.4, 0.5) is 23.0 Å². The molecule has 9 heteroatoms. The first-order valence-electron chi connectivity index (χ1n) is 5.53. The summed E-state index contributed by atoms with van der Waals surface area (Å²) in [6, 6.07) is 6.98. The Morgan fingerprint density at radius 2 is 2.00 bits per heavy atom. The van der Waals surface area contributed by atoms with Gasteiger partial charge in [-0.2, -0.15) is 0 Å². The van der Waals surface area contributed by atoms with Gasteiger partial charge in [0.25, 0.3) is 0 Å². The number of hydrazine groups is 1. The standard InChI is InChI=1S/C11H12N6O3/c1-20-8-5-3-2-4-7(8)15-10-9(17(18)19)11(16-12)14-6-13-10/h2-6H,12H2,1H3,(H2,13,14,15,16). The average Bonchev–Trinajstić information content (AvgIpc) is 2.47. The Kier molecular flexibility index (Phi) is 3.91. The number of anilines is 3. The number of methoxy groups -OCH3 is 1. The molecule has 0 amide bonds. The van der Waals surface area contributed by atoms with Crippen molar-refractivity contribution in [3.8, 4) is 5.75 Å². The molecule has 0 spiro atoms. The summed E-state index contributed by atoms with van der Waals surface area (Å²) in [5.74, 6) is 5.67. The second-order valence-electron chi connectivity index (χ2n) is 3.65. The number of hydrogen-bond acceptors (Lipinski definition) is 8. The van der Waals surface area contributed by atoms with Crippen LogP contribution in [0.1, 0.15) is 0 Å². The zero-order valence-electron chi connectivity index (χ0n) is 10.5. The van der Waals surface area contributed by atoms with Crippen molar-refractivity contribution >= 4 is 23.0 Å². The SMILES string of the molecule is COc1ccccc1Nc1ncnc(NN)c1[N+](=O)[O-]. The van der Waals surface area contributed by atoms with Gasteiger partial charge in [0.05, 0.1) is 17.7 Å². The molecule has 104 valence electrons. The second kappa shape index (κ2) is 5.80. The minimum atomic E-state index is -0.618. The van der Waals surface area contributed by atoms with Crippen molar-refractivity contribution in [3.05, 3.63) is 40.7 Å². The Labute approximate surface area is 113 Å². The fraction of sp³-hybridized carbons (Fsp3) is 0.0909. The number of nitrogens with two attached hydrogens (primary N) is 1. The summed E-state index contributed by atoms with van der Waals surface area (Å²) in [6.07, 6.45) is 1.17. The number of benzene rings is 1.